The summed E-state index contributed by atoms with van der Waals surface area (Å²) in [5.74, 6) is -0.919. The Hall–Kier alpha value is -2.32. The zero-order valence-corrected chi connectivity index (χ0v) is 12.2. The van der Waals surface area contributed by atoms with Gasteiger partial charge >= 0.3 is 0 Å². The summed E-state index contributed by atoms with van der Waals surface area (Å²) in [4.78, 5) is 10.3. The lowest BCUT2D eigenvalue weighted by Gasteiger charge is -2.07. The SMILES string of the molecule is O=[N+]([O-])c1ccccc1CNS(=O)(=O)Cc1cccc(F)c1. The van der Waals surface area contributed by atoms with Gasteiger partial charge in [0.2, 0.25) is 10.0 Å². The van der Waals surface area contributed by atoms with E-state index in [0.29, 0.717) is 5.56 Å². The number of sulfonamides is 1. The molecule has 1 N–H and O–H groups in total. The second kappa shape index (κ2) is 6.63. The van der Waals surface area contributed by atoms with Crippen LogP contribution in [0.4, 0.5) is 10.1 Å². The Morgan fingerprint density at radius 1 is 1.14 bits per heavy atom. The fourth-order valence-electron chi connectivity index (χ4n) is 1.92. The first-order valence-corrected chi connectivity index (χ1v) is 7.97. The average molecular weight is 324 g/mol. The number of halogens is 1. The van der Waals surface area contributed by atoms with Crippen LogP contribution in [-0.2, 0) is 22.3 Å². The first-order valence-electron chi connectivity index (χ1n) is 6.31. The largest absolute Gasteiger partial charge is 0.273 e. The van der Waals surface area contributed by atoms with Crippen molar-refractivity contribution in [2.24, 2.45) is 0 Å². The van der Waals surface area contributed by atoms with Crippen LogP contribution in [0.3, 0.4) is 0 Å². The van der Waals surface area contributed by atoms with Crippen LogP contribution in [0.25, 0.3) is 0 Å². The van der Waals surface area contributed by atoms with E-state index in [1.807, 2.05) is 0 Å². The Balaban J connectivity index is 2.09. The molecule has 0 unspecified atom stereocenters. The minimum absolute atomic E-state index is 0.157. The lowest BCUT2D eigenvalue weighted by molar-refractivity contribution is -0.385. The van der Waals surface area contributed by atoms with Crippen LogP contribution in [0.1, 0.15) is 11.1 Å². The van der Waals surface area contributed by atoms with Gasteiger partial charge in [-0.25, -0.2) is 17.5 Å². The van der Waals surface area contributed by atoms with Gasteiger partial charge in [0, 0.05) is 18.2 Å². The van der Waals surface area contributed by atoms with Crippen molar-refractivity contribution in [2.75, 3.05) is 0 Å². The second-order valence-electron chi connectivity index (χ2n) is 4.60. The molecule has 116 valence electrons. The number of nitrogens with one attached hydrogen (secondary N) is 1. The van der Waals surface area contributed by atoms with Gasteiger partial charge in [-0.2, -0.15) is 0 Å². The van der Waals surface area contributed by atoms with Crippen molar-refractivity contribution in [2.45, 2.75) is 12.3 Å². The van der Waals surface area contributed by atoms with E-state index in [9.17, 15) is 22.9 Å². The lowest BCUT2D eigenvalue weighted by Crippen LogP contribution is -2.25. The predicted octanol–water partition coefficient (Wildman–Crippen LogP) is 2.35. The summed E-state index contributed by atoms with van der Waals surface area (Å²) >= 11 is 0. The monoisotopic (exact) mass is 324 g/mol. The molecule has 0 heterocycles. The van der Waals surface area contributed by atoms with E-state index in [4.69, 9.17) is 0 Å². The molecule has 0 spiro atoms. The minimum Gasteiger partial charge on any atom is -0.258 e. The molecule has 2 aromatic carbocycles. The summed E-state index contributed by atoms with van der Waals surface area (Å²) in [6, 6.07) is 11.1. The molecular weight excluding hydrogens is 311 g/mol. The highest BCUT2D eigenvalue weighted by Crippen LogP contribution is 2.17. The van der Waals surface area contributed by atoms with E-state index in [1.165, 1.54) is 36.4 Å². The van der Waals surface area contributed by atoms with Gasteiger partial charge in [0.05, 0.1) is 10.7 Å². The second-order valence-corrected chi connectivity index (χ2v) is 6.40. The maximum Gasteiger partial charge on any atom is 0.273 e. The molecule has 0 amide bonds. The van der Waals surface area contributed by atoms with E-state index in [0.717, 1.165) is 6.07 Å². The fourth-order valence-corrected chi connectivity index (χ4v) is 3.02. The number of hydrogen-bond acceptors (Lipinski definition) is 4. The zero-order valence-electron chi connectivity index (χ0n) is 11.4. The maximum atomic E-state index is 13.0. The molecule has 0 aliphatic rings. The van der Waals surface area contributed by atoms with E-state index < -0.39 is 26.5 Å². The van der Waals surface area contributed by atoms with Crippen LogP contribution in [0, 0.1) is 15.9 Å². The van der Waals surface area contributed by atoms with Crippen LogP contribution in [0.2, 0.25) is 0 Å². The summed E-state index contributed by atoms with van der Waals surface area (Å²) in [5.41, 5.74) is 0.404. The van der Waals surface area contributed by atoms with E-state index in [-0.39, 0.29) is 17.8 Å². The lowest BCUT2D eigenvalue weighted by atomic mass is 10.2. The minimum atomic E-state index is -3.73. The van der Waals surface area contributed by atoms with Crippen LogP contribution < -0.4 is 4.72 Å². The molecule has 0 radical (unpaired) electrons. The number of nitro benzene ring substituents is 1. The van der Waals surface area contributed by atoms with Crippen molar-refractivity contribution in [1.29, 1.82) is 0 Å². The van der Waals surface area contributed by atoms with Crippen LogP contribution in [-0.4, -0.2) is 13.3 Å². The van der Waals surface area contributed by atoms with Crippen molar-refractivity contribution >= 4 is 15.7 Å². The molecule has 0 aromatic heterocycles. The zero-order chi connectivity index (χ0) is 16.2. The normalized spacial score (nSPS) is 11.3. The van der Waals surface area contributed by atoms with Gasteiger partial charge in [-0.05, 0) is 17.7 Å². The Morgan fingerprint density at radius 2 is 1.86 bits per heavy atom. The molecule has 0 saturated heterocycles. The predicted molar refractivity (Wildman–Crippen MR) is 79.0 cm³/mol. The molecule has 2 rings (SSSR count). The fraction of sp³-hybridized carbons (Fsp3) is 0.143. The Kier molecular flexibility index (Phi) is 4.84. The van der Waals surface area contributed by atoms with Gasteiger partial charge in [-0.1, -0.05) is 30.3 Å². The number of hydrogen-bond donors (Lipinski definition) is 1. The van der Waals surface area contributed by atoms with Gasteiger partial charge in [-0.15, -0.1) is 0 Å². The Morgan fingerprint density at radius 3 is 2.55 bits per heavy atom. The summed E-state index contributed by atoms with van der Waals surface area (Å²) < 4.78 is 39.3. The van der Waals surface area contributed by atoms with Crippen LogP contribution >= 0.6 is 0 Å². The van der Waals surface area contributed by atoms with Gasteiger partial charge in [0.15, 0.2) is 0 Å². The molecule has 0 aliphatic heterocycles. The first kappa shape index (κ1) is 16.1. The molecule has 8 heteroatoms. The summed E-state index contributed by atoms with van der Waals surface area (Å²) in [5, 5.41) is 10.9. The van der Waals surface area contributed by atoms with E-state index in [1.54, 1.807) is 6.07 Å². The highest BCUT2D eigenvalue weighted by molar-refractivity contribution is 7.88. The first-order chi connectivity index (χ1) is 10.4. The quantitative estimate of drug-likeness (QED) is 0.652. The topological polar surface area (TPSA) is 89.3 Å². The molecule has 6 nitrogen and oxygen atoms in total. The third kappa shape index (κ3) is 4.34. The molecule has 22 heavy (non-hydrogen) atoms. The molecular formula is C14H13FN2O4S. The molecule has 0 bridgehead atoms. The van der Waals surface area contributed by atoms with Crippen LogP contribution in [0.5, 0.6) is 0 Å². The molecule has 0 fully saturated rings. The summed E-state index contributed by atoms with van der Waals surface area (Å²) in [7, 11) is -3.73. The molecule has 0 aliphatic carbocycles. The molecule has 0 saturated carbocycles. The van der Waals surface area contributed by atoms with Crippen molar-refractivity contribution in [1.82, 2.24) is 4.72 Å². The Labute approximate surface area is 126 Å². The van der Waals surface area contributed by atoms with Gasteiger partial charge in [0.1, 0.15) is 5.82 Å². The third-order valence-electron chi connectivity index (χ3n) is 2.92. The molecule has 2 aromatic rings. The summed E-state index contributed by atoms with van der Waals surface area (Å²) in [6.45, 7) is -0.200. The summed E-state index contributed by atoms with van der Waals surface area (Å²) in [6.07, 6.45) is 0. The van der Waals surface area contributed by atoms with Crippen molar-refractivity contribution < 1.29 is 17.7 Å². The number of nitro groups is 1. The third-order valence-corrected chi connectivity index (χ3v) is 4.21. The highest BCUT2D eigenvalue weighted by atomic mass is 32.2. The Bertz CT molecular complexity index is 793. The van der Waals surface area contributed by atoms with Gasteiger partial charge < -0.3 is 0 Å². The maximum absolute atomic E-state index is 13.0. The number of nitrogens with zero attached hydrogens (tertiary/aromatic N) is 1. The standard InChI is InChI=1S/C14H13FN2O4S/c15-13-6-3-4-11(8-13)10-22(20,21)16-9-12-5-1-2-7-14(12)17(18)19/h1-8,16H,9-10H2. The van der Waals surface area contributed by atoms with Crippen LogP contribution in [0.15, 0.2) is 48.5 Å². The van der Waals surface area contributed by atoms with Crippen molar-refractivity contribution in [3.05, 3.63) is 75.6 Å². The molecule has 0 atom stereocenters. The number of para-hydroxylation sites is 1. The highest BCUT2D eigenvalue weighted by Gasteiger charge is 2.16. The number of rotatable bonds is 6. The van der Waals surface area contributed by atoms with Crippen molar-refractivity contribution in [3.63, 3.8) is 0 Å². The average Bonchev–Trinajstić information content (AvgIpc) is 2.45. The van der Waals surface area contributed by atoms with Gasteiger partial charge in [0.25, 0.3) is 5.69 Å². The number of benzene rings is 2. The van der Waals surface area contributed by atoms with E-state index in [2.05, 4.69) is 4.72 Å². The smallest absolute Gasteiger partial charge is 0.258 e. The van der Waals surface area contributed by atoms with E-state index >= 15 is 0 Å². The van der Waals surface area contributed by atoms with Crippen molar-refractivity contribution in [3.8, 4) is 0 Å². The van der Waals surface area contributed by atoms with Gasteiger partial charge in [-0.3, -0.25) is 10.1 Å².